The Labute approximate surface area is 97.2 Å². The van der Waals surface area contributed by atoms with Gasteiger partial charge in [-0.05, 0) is 32.0 Å². The Morgan fingerprint density at radius 2 is 2.20 bits per heavy atom. The monoisotopic (exact) mass is 272 g/mol. The molecule has 0 aliphatic heterocycles. The molecule has 1 aromatic rings. The van der Waals surface area contributed by atoms with Crippen LogP contribution in [0.5, 0.6) is 5.75 Å². The summed E-state index contributed by atoms with van der Waals surface area (Å²) < 4.78 is 6.07. The van der Waals surface area contributed by atoms with Crippen LogP contribution in [-0.2, 0) is 0 Å². The van der Waals surface area contributed by atoms with Crippen molar-refractivity contribution in [3.63, 3.8) is 0 Å². The molecule has 0 spiro atoms. The number of carbonyl (C=O) groups is 1. The normalized spacial score (nSPS) is 11.2. The molecule has 0 fully saturated rings. The number of ether oxygens (including phenoxy) is 1. The van der Waals surface area contributed by atoms with Crippen molar-refractivity contribution < 1.29 is 14.6 Å². The zero-order valence-electron chi connectivity index (χ0n) is 8.66. The SMILES string of the molecule is CC(C)(O)COc1ccc(Br)c(C=O)c1. The van der Waals surface area contributed by atoms with E-state index in [-0.39, 0.29) is 6.61 Å². The number of hydrogen-bond donors (Lipinski definition) is 1. The minimum atomic E-state index is -0.881. The fourth-order valence-electron chi connectivity index (χ4n) is 0.962. The highest BCUT2D eigenvalue weighted by Crippen LogP contribution is 2.21. The minimum absolute atomic E-state index is 0.187. The van der Waals surface area contributed by atoms with Crippen LogP contribution in [0.1, 0.15) is 24.2 Å². The average Bonchev–Trinajstić information content (AvgIpc) is 2.15. The molecule has 4 heteroatoms. The first kappa shape index (κ1) is 12.2. The fourth-order valence-corrected chi connectivity index (χ4v) is 1.30. The van der Waals surface area contributed by atoms with E-state index in [0.717, 1.165) is 10.8 Å². The molecule has 0 bridgehead atoms. The van der Waals surface area contributed by atoms with Gasteiger partial charge in [0.05, 0.1) is 5.60 Å². The first-order chi connectivity index (χ1) is 6.92. The van der Waals surface area contributed by atoms with E-state index in [1.165, 1.54) is 0 Å². The maximum absolute atomic E-state index is 10.6. The third-order valence-corrected chi connectivity index (χ3v) is 2.41. The molecular weight excluding hydrogens is 260 g/mol. The molecule has 1 rings (SSSR count). The number of carbonyl (C=O) groups excluding carboxylic acids is 1. The first-order valence-corrected chi connectivity index (χ1v) is 5.31. The predicted molar refractivity (Wildman–Crippen MR) is 61.3 cm³/mol. The smallest absolute Gasteiger partial charge is 0.151 e. The van der Waals surface area contributed by atoms with Crippen LogP contribution in [0.3, 0.4) is 0 Å². The van der Waals surface area contributed by atoms with Crippen LogP contribution in [0.15, 0.2) is 22.7 Å². The molecule has 0 atom stereocenters. The van der Waals surface area contributed by atoms with Gasteiger partial charge in [0.15, 0.2) is 6.29 Å². The second kappa shape index (κ2) is 4.77. The van der Waals surface area contributed by atoms with Crippen LogP contribution in [0, 0.1) is 0 Å². The molecule has 0 unspecified atom stereocenters. The Kier molecular flexibility index (Phi) is 3.88. The Morgan fingerprint density at radius 3 is 2.73 bits per heavy atom. The van der Waals surface area contributed by atoms with Crippen LogP contribution in [0.4, 0.5) is 0 Å². The second-order valence-electron chi connectivity index (χ2n) is 3.90. The number of hydrogen-bond acceptors (Lipinski definition) is 3. The van der Waals surface area contributed by atoms with Gasteiger partial charge in [0, 0.05) is 10.0 Å². The predicted octanol–water partition coefficient (Wildman–Crippen LogP) is 2.41. The van der Waals surface area contributed by atoms with E-state index in [2.05, 4.69) is 15.9 Å². The Balaban J connectivity index is 2.75. The van der Waals surface area contributed by atoms with Crippen LogP contribution in [-0.4, -0.2) is 23.6 Å². The van der Waals surface area contributed by atoms with Crippen molar-refractivity contribution in [2.75, 3.05) is 6.61 Å². The quantitative estimate of drug-likeness (QED) is 0.857. The van der Waals surface area contributed by atoms with E-state index >= 15 is 0 Å². The molecular formula is C11H13BrO3. The van der Waals surface area contributed by atoms with Gasteiger partial charge in [-0.15, -0.1) is 0 Å². The topological polar surface area (TPSA) is 46.5 Å². The summed E-state index contributed by atoms with van der Waals surface area (Å²) in [5.41, 5.74) is -0.350. The number of halogens is 1. The molecule has 3 nitrogen and oxygen atoms in total. The molecule has 0 aliphatic rings. The molecule has 1 N–H and O–H groups in total. The van der Waals surface area contributed by atoms with Crippen molar-refractivity contribution in [3.05, 3.63) is 28.2 Å². The van der Waals surface area contributed by atoms with E-state index in [1.807, 2.05) is 0 Å². The lowest BCUT2D eigenvalue weighted by atomic mass is 10.1. The molecule has 0 saturated carbocycles. The van der Waals surface area contributed by atoms with Crippen LogP contribution in [0.2, 0.25) is 0 Å². The third-order valence-electron chi connectivity index (χ3n) is 1.69. The second-order valence-corrected chi connectivity index (χ2v) is 4.76. The fraction of sp³-hybridized carbons (Fsp3) is 0.364. The number of aliphatic hydroxyl groups is 1. The van der Waals surface area contributed by atoms with E-state index in [1.54, 1.807) is 32.0 Å². The van der Waals surface area contributed by atoms with Gasteiger partial charge in [0.1, 0.15) is 12.4 Å². The van der Waals surface area contributed by atoms with Crippen molar-refractivity contribution in [1.82, 2.24) is 0 Å². The van der Waals surface area contributed by atoms with Crippen molar-refractivity contribution in [2.45, 2.75) is 19.4 Å². The van der Waals surface area contributed by atoms with Gasteiger partial charge < -0.3 is 9.84 Å². The van der Waals surface area contributed by atoms with Gasteiger partial charge >= 0.3 is 0 Å². The van der Waals surface area contributed by atoms with E-state index in [4.69, 9.17) is 4.74 Å². The van der Waals surface area contributed by atoms with Gasteiger partial charge in [-0.2, -0.15) is 0 Å². The molecule has 1 aromatic carbocycles. The summed E-state index contributed by atoms with van der Waals surface area (Å²) >= 11 is 3.25. The number of aldehydes is 1. The van der Waals surface area contributed by atoms with Crippen molar-refractivity contribution in [2.24, 2.45) is 0 Å². The van der Waals surface area contributed by atoms with Crippen molar-refractivity contribution >= 4 is 22.2 Å². The number of benzene rings is 1. The van der Waals surface area contributed by atoms with Gasteiger partial charge in [0.2, 0.25) is 0 Å². The minimum Gasteiger partial charge on any atom is -0.491 e. The van der Waals surface area contributed by atoms with Crippen molar-refractivity contribution in [1.29, 1.82) is 0 Å². The van der Waals surface area contributed by atoms with E-state index < -0.39 is 5.60 Å². The summed E-state index contributed by atoms with van der Waals surface area (Å²) in [4.78, 5) is 10.6. The third kappa shape index (κ3) is 4.01. The van der Waals surface area contributed by atoms with Gasteiger partial charge in [-0.25, -0.2) is 0 Å². The zero-order chi connectivity index (χ0) is 11.5. The summed E-state index contributed by atoms with van der Waals surface area (Å²) in [6, 6.07) is 5.11. The summed E-state index contributed by atoms with van der Waals surface area (Å²) in [6.07, 6.45) is 0.751. The molecule has 0 amide bonds. The van der Waals surface area contributed by atoms with E-state index in [0.29, 0.717) is 11.3 Å². The number of rotatable bonds is 4. The lowest BCUT2D eigenvalue weighted by Crippen LogP contribution is -2.27. The standard InChI is InChI=1S/C11H13BrO3/c1-11(2,14)7-15-9-3-4-10(12)8(5-9)6-13/h3-6,14H,7H2,1-2H3. The Morgan fingerprint density at radius 1 is 1.53 bits per heavy atom. The van der Waals surface area contributed by atoms with E-state index in [9.17, 15) is 9.90 Å². The lowest BCUT2D eigenvalue weighted by molar-refractivity contribution is 0.0285. The van der Waals surface area contributed by atoms with Crippen molar-refractivity contribution in [3.8, 4) is 5.75 Å². The molecule has 0 radical (unpaired) electrons. The molecule has 0 aliphatic carbocycles. The highest BCUT2D eigenvalue weighted by Gasteiger charge is 2.13. The maximum Gasteiger partial charge on any atom is 0.151 e. The van der Waals surface area contributed by atoms with Crippen LogP contribution in [0.25, 0.3) is 0 Å². The maximum atomic E-state index is 10.6. The summed E-state index contributed by atoms with van der Waals surface area (Å²) in [5, 5.41) is 9.46. The highest BCUT2D eigenvalue weighted by atomic mass is 79.9. The molecule has 15 heavy (non-hydrogen) atoms. The molecule has 0 heterocycles. The average molecular weight is 273 g/mol. The summed E-state index contributed by atoms with van der Waals surface area (Å²) in [6.45, 7) is 3.51. The van der Waals surface area contributed by atoms with Crippen LogP contribution >= 0.6 is 15.9 Å². The summed E-state index contributed by atoms with van der Waals surface area (Å²) in [7, 11) is 0. The molecule has 0 saturated heterocycles. The van der Waals surface area contributed by atoms with Crippen LogP contribution < -0.4 is 4.74 Å². The zero-order valence-corrected chi connectivity index (χ0v) is 10.2. The Hall–Kier alpha value is -0.870. The molecule has 0 aromatic heterocycles. The highest BCUT2D eigenvalue weighted by molar-refractivity contribution is 9.10. The Bertz CT molecular complexity index is 355. The van der Waals surface area contributed by atoms with Gasteiger partial charge in [0.25, 0.3) is 0 Å². The lowest BCUT2D eigenvalue weighted by Gasteiger charge is -2.17. The van der Waals surface area contributed by atoms with Gasteiger partial charge in [-0.3, -0.25) is 4.79 Å². The van der Waals surface area contributed by atoms with Gasteiger partial charge in [-0.1, -0.05) is 15.9 Å². The summed E-state index contributed by atoms with van der Waals surface area (Å²) in [5.74, 6) is 0.572. The first-order valence-electron chi connectivity index (χ1n) is 4.52. The largest absolute Gasteiger partial charge is 0.491 e. The molecule has 82 valence electrons.